The Kier molecular flexibility index (Phi) is 12.7. The summed E-state index contributed by atoms with van der Waals surface area (Å²) in [5.74, 6) is -2.52. The lowest BCUT2D eigenvalue weighted by molar-refractivity contribution is -0.192. The Hall–Kier alpha value is -3.66. The number of amides is 2. The highest BCUT2D eigenvalue weighted by molar-refractivity contribution is 7.19. The van der Waals surface area contributed by atoms with Crippen molar-refractivity contribution in [3.05, 3.63) is 52.2 Å². The van der Waals surface area contributed by atoms with Crippen LogP contribution in [0.15, 0.2) is 30.3 Å². The first-order valence-electron chi connectivity index (χ1n) is 16.4. The first kappa shape index (κ1) is 38.1. The van der Waals surface area contributed by atoms with E-state index in [2.05, 4.69) is 42.4 Å². The lowest BCUT2D eigenvalue weighted by Crippen LogP contribution is -2.38. The minimum atomic E-state index is -5.08. The Labute approximate surface area is 287 Å². The number of thiazole rings is 1. The number of fused-ring (bicyclic) bond motifs is 2. The second kappa shape index (κ2) is 16.4. The highest BCUT2D eigenvalue weighted by Gasteiger charge is 2.38. The number of alkyl halides is 3. The first-order chi connectivity index (χ1) is 23.0. The fraction of sp³-hybridized carbons (Fsp3) is 0.559. The van der Waals surface area contributed by atoms with Crippen molar-refractivity contribution in [2.75, 3.05) is 31.5 Å². The van der Waals surface area contributed by atoms with Gasteiger partial charge in [0.15, 0.2) is 5.01 Å². The van der Waals surface area contributed by atoms with Gasteiger partial charge in [-0.1, -0.05) is 44.2 Å². The number of nitrogens with two attached hydrogens (primary N) is 1. The summed E-state index contributed by atoms with van der Waals surface area (Å²) in [6, 6.07) is 9.48. The van der Waals surface area contributed by atoms with Gasteiger partial charge in [-0.2, -0.15) is 13.2 Å². The molecule has 0 saturated carbocycles. The van der Waals surface area contributed by atoms with Gasteiger partial charge in [0.05, 0.1) is 12.1 Å². The van der Waals surface area contributed by atoms with Crippen LogP contribution in [-0.2, 0) is 22.4 Å². The van der Waals surface area contributed by atoms with Crippen LogP contribution in [0.25, 0.3) is 10.3 Å². The van der Waals surface area contributed by atoms with Gasteiger partial charge in [0.1, 0.15) is 10.3 Å². The van der Waals surface area contributed by atoms with Gasteiger partial charge in [0, 0.05) is 44.0 Å². The van der Waals surface area contributed by atoms with Crippen LogP contribution in [-0.4, -0.2) is 81.3 Å². The van der Waals surface area contributed by atoms with Crippen molar-refractivity contribution >= 4 is 45.2 Å². The van der Waals surface area contributed by atoms with Crippen LogP contribution in [0.2, 0.25) is 0 Å². The summed E-state index contributed by atoms with van der Waals surface area (Å²) in [6.45, 7) is 9.64. The van der Waals surface area contributed by atoms with E-state index in [0.29, 0.717) is 23.0 Å². The number of rotatable bonds is 9. The molecule has 1 aliphatic heterocycles. The third-order valence-electron chi connectivity index (χ3n) is 8.95. The molecule has 0 unspecified atom stereocenters. The summed E-state index contributed by atoms with van der Waals surface area (Å²) in [4.78, 5) is 47.5. The number of hydrogen-bond donors (Lipinski definition) is 5. The SMILES string of the molecule is CC(C)(C)[C@H]1CCc2nc3sc(C(=O)N[C@H](CCN4CCC(O)CC4)c4cccc(NC(=O)CCN)c4)nc3cc2C1.O=C(O)C(F)(F)F. The minimum Gasteiger partial charge on any atom is -0.475 e. The average Bonchev–Trinajstić information content (AvgIpc) is 3.45. The number of aliphatic hydroxyl groups excluding tert-OH is 1. The zero-order valence-corrected chi connectivity index (χ0v) is 28.8. The van der Waals surface area contributed by atoms with Crippen LogP contribution < -0.4 is 16.4 Å². The quantitative estimate of drug-likeness (QED) is 0.204. The number of benzene rings is 1. The van der Waals surface area contributed by atoms with Crippen molar-refractivity contribution in [2.45, 2.75) is 84.0 Å². The third-order valence-corrected chi connectivity index (χ3v) is 9.91. The van der Waals surface area contributed by atoms with Gasteiger partial charge >= 0.3 is 12.1 Å². The summed E-state index contributed by atoms with van der Waals surface area (Å²) in [5.41, 5.74) is 10.5. The van der Waals surface area contributed by atoms with Gasteiger partial charge < -0.3 is 31.5 Å². The Balaban J connectivity index is 0.000000698. The van der Waals surface area contributed by atoms with Crippen LogP contribution in [0.3, 0.4) is 0 Å². The summed E-state index contributed by atoms with van der Waals surface area (Å²) >= 11 is 1.34. The van der Waals surface area contributed by atoms with Crippen LogP contribution in [0.4, 0.5) is 18.9 Å². The molecule has 2 amide bonds. The lowest BCUT2D eigenvalue weighted by Gasteiger charge is -2.34. The summed E-state index contributed by atoms with van der Waals surface area (Å²) in [7, 11) is 0. The average molecular weight is 707 g/mol. The van der Waals surface area contributed by atoms with Crippen molar-refractivity contribution in [1.29, 1.82) is 0 Å². The number of nitrogens with one attached hydrogen (secondary N) is 2. The van der Waals surface area contributed by atoms with Gasteiger partial charge in [-0.05, 0) is 79.2 Å². The lowest BCUT2D eigenvalue weighted by atomic mass is 9.71. The summed E-state index contributed by atoms with van der Waals surface area (Å²) < 4.78 is 31.7. The Morgan fingerprint density at radius 3 is 2.43 bits per heavy atom. The second-order valence-electron chi connectivity index (χ2n) is 13.6. The maximum Gasteiger partial charge on any atom is 0.490 e. The van der Waals surface area contributed by atoms with E-state index < -0.39 is 12.1 Å². The standard InChI is InChI=1S/C32H44N6O3S.C2HF3O2/c1-32(2,3)22-7-8-25-21(17-22)19-27-30(36-25)42-31(37-27)29(41)35-26(12-16-38-14-10-24(39)11-15-38)20-5-4-6-23(18-20)34-28(40)9-13-33;3-2(4,5)1(6)7/h4-6,18-19,22,24,26,39H,7-17,33H2,1-3H3,(H,34,40)(H,35,41);(H,6,7)/t22-,26+;/m0./s1. The summed E-state index contributed by atoms with van der Waals surface area (Å²) in [6.07, 6.45) is 0.227. The van der Waals surface area contributed by atoms with Gasteiger partial charge in [-0.3, -0.25) is 9.59 Å². The number of aliphatic carboxylic acids is 1. The van der Waals surface area contributed by atoms with Crippen LogP contribution in [0.1, 0.15) is 85.5 Å². The predicted octanol–water partition coefficient (Wildman–Crippen LogP) is 5.08. The monoisotopic (exact) mass is 706 g/mol. The fourth-order valence-corrected chi connectivity index (χ4v) is 6.88. The number of likely N-dealkylation sites (tertiary alicyclic amines) is 1. The van der Waals surface area contributed by atoms with Gasteiger partial charge in [0.25, 0.3) is 5.91 Å². The number of nitrogens with zero attached hydrogens (tertiary/aromatic N) is 3. The molecule has 1 aliphatic carbocycles. The third kappa shape index (κ3) is 10.9. The van der Waals surface area contributed by atoms with Crippen molar-refractivity contribution in [1.82, 2.24) is 20.2 Å². The van der Waals surface area contributed by atoms with Crippen molar-refractivity contribution in [3.8, 4) is 0 Å². The summed E-state index contributed by atoms with van der Waals surface area (Å²) in [5, 5.41) is 23.6. The van der Waals surface area contributed by atoms with E-state index in [1.54, 1.807) is 0 Å². The van der Waals surface area contributed by atoms with Gasteiger partial charge in [0.2, 0.25) is 5.91 Å². The molecule has 5 rings (SSSR count). The number of carboxylic acid groups (broad SMARTS) is 1. The van der Waals surface area contributed by atoms with Crippen molar-refractivity contribution in [2.24, 2.45) is 17.1 Å². The number of carbonyl (C=O) groups is 3. The fourth-order valence-electron chi connectivity index (χ4n) is 6.03. The van der Waals surface area contributed by atoms with Crippen molar-refractivity contribution in [3.63, 3.8) is 0 Å². The molecule has 6 N–H and O–H groups in total. The molecular formula is C34H45F3N6O5S. The molecule has 268 valence electrons. The molecule has 0 spiro atoms. The molecule has 3 heterocycles. The maximum absolute atomic E-state index is 13.6. The molecule has 2 aliphatic rings. The Morgan fingerprint density at radius 2 is 1.80 bits per heavy atom. The zero-order chi connectivity index (χ0) is 35.9. The highest BCUT2D eigenvalue weighted by Crippen LogP contribution is 2.38. The number of pyridine rings is 1. The number of piperidine rings is 1. The molecule has 0 radical (unpaired) electrons. The molecule has 2 aromatic heterocycles. The molecule has 1 saturated heterocycles. The highest BCUT2D eigenvalue weighted by atomic mass is 32.1. The molecule has 15 heteroatoms. The number of carbonyl (C=O) groups excluding carboxylic acids is 2. The van der Waals surface area contributed by atoms with E-state index in [9.17, 15) is 27.9 Å². The number of anilines is 1. The second-order valence-corrected chi connectivity index (χ2v) is 14.6. The van der Waals surface area contributed by atoms with Crippen LogP contribution in [0.5, 0.6) is 0 Å². The number of carboxylic acids is 1. The van der Waals surface area contributed by atoms with Crippen molar-refractivity contribution < 1.29 is 37.8 Å². The smallest absolute Gasteiger partial charge is 0.475 e. The molecular weight excluding hydrogens is 661 g/mol. The van der Waals surface area contributed by atoms with E-state index in [0.717, 1.165) is 73.3 Å². The van der Waals surface area contributed by atoms with Crippen LogP contribution >= 0.6 is 11.3 Å². The molecule has 1 fully saturated rings. The van der Waals surface area contributed by atoms with E-state index in [4.69, 9.17) is 25.6 Å². The molecule has 49 heavy (non-hydrogen) atoms. The van der Waals surface area contributed by atoms with Gasteiger partial charge in [-0.15, -0.1) is 0 Å². The number of aryl methyl sites for hydroxylation is 1. The molecule has 11 nitrogen and oxygen atoms in total. The number of hydrogen-bond acceptors (Lipinski definition) is 9. The first-order valence-corrected chi connectivity index (χ1v) is 17.3. The van der Waals surface area contributed by atoms with Gasteiger partial charge in [-0.25, -0.2) is 14.8 Å². The minimum absolute atomic E-state index is 0.138. The molecule has 2 atom stereocenters. The van der Waals surface area contributed by atoms with E-state index in [1.165, 1.54) is 16.9 Å². The number of aliphatic hydroxyl groups is 1. The zero-order valence-electron chi connectivity index (χ0n) is 28.0. The van der Waals surface area contributed by atoms with E-state index >= 15 is 0 Å². The molecule has 3 aromatic rings. The predicted molar refractivity (Wildman–Crippen MR) is 181 cm³/mol. The normalized spacial score (nSPS) is 17.8. The van der Waals surface area contributed by atoms with Crippen LogP contribution in [0, 0.1) is 11.3 Å². The number of halogens is 3. The number of aromatic nitrogens is 2. The largest absolute Gasteiger partial charge is 0.490 e. The Bertz CT molecular complexity index is 1620. The Morgan fingerprint density at radius 1 is 1.10 bits per heavy atom. The van der Waals surface area contributed by atoms with E-state index in [-0.39, 0.29) is 42.3 Å². The molecule has 1 aromatic carbocycles. The molecule has 0 bridgehead atoms. The van der Waals surface area contributed by atoms with E-state index in [1.807, 2.05) is 24.3 Å². The topological polar surface area (TPSA) is 171 Å². The maximum atomic E-state index is 13.6.